The van der Waals surface area contributed by atoms with Crippen molar-refractivity contribution in [2.24, 2.45) is 0 Å². The predicted octanol–water partition coefficient (Wildman–Crippen LogP) is 4.48. The van der Waals surface area contributed by atoms with E-state index in [9.17, 15) is 100 Å². The first kappa shape index (κ1) is 72.8. The number of hydrogen-bond donors (Lipinski definition) is 0. The highest BCUT2D eigenvalue weighted by atomic mass is 32.2. The van der Waals surface area contributed by atoms with Crippen LogP contribution in [0.2, 0.25) is 0 Å². The number of rotatable bonds is 20. The zero-order valence-electron chi connectivity index (χ0n) is 36.1. The number of esters is 3. The molecule has 0 saturated carbocycles. The Kier molecular flexibility index (Phi) is 35.6. The number of alkyl halides is 10. The maximum absolute atomic E-state index is 12.7. The van der Waals surface area contributed by atoms with Crippen LogP contribution < -0.4 is 0 Å². The highest BCUT2D eigenvalue weighted by molar-refractivity contribution is 7.89. The van der Waals surface area contributed by atoms with E-state index in [1.54, 1.807) is 6.92 Å². The molecule has 0 aromatic carbocycles. The second-order valence-electron chi connectivity index (χ2n) is 10.9. The number of carbonyl (C=O) groups excluding carboxylic acids is 3. The molecule has 0 aliphatic carbocycles. The number of carbonyl (C=O) groups is 3. The first-order valence-corrected chi connectivity index (χ1v) is 23.6. The van der Waals surface area contributed by atoms with Gasteiger partial charge in [0.05, 0.1) is 68.7 Å². The normalized spacial score (nSPS) is 12.6. The number of hydrogen-bond acceptors (Lipinski definition) is 21. The molecule has 0 heterocycles. The fourth-order valence-corrected chi connectivity index (χ4v) is 4.10. The fourth-order valence-electron chi connectivity index (χ4n) is 2.06. The molecule has 0 amide bonds. The molecule has 0 radical (unpaired) electrons. The summed E-state index contributed by atoms with van der Waals surface area (Å²) in [6, 6.07) is 0. The van der Waals surface area contributed by atoms with Crippen LogP contribution in [0.4, 0.5) is 43.9 Å². The second kappa shape index (κ2) is 31.3. The Bertz CT molecular complexity index is 1810. The van der Waals surface area contributed by atoms with Crippen molar-refractivity contribution in [1.82, 2.24) is 0 Å². The molecule has 0 aromatic heterocycles. The van der Waals surface area contributed by atoms with Gasteiger partial charge in [-0.3, -0.25) is 30.5 Å². The Morgan fingerprint density at radius 1 is 0.422 bits per heavy atom. The van der Waals surface area contributed by atoms with E-state index in [0.29, 0.717) is 41.5 Å². The molecular formula is C28H52F10O21S5. The maximum Gasteiger partial charge on any atom is 0.466 e. The van der Waals surface area contributed by atoms with Gasteiger partial charge in [-0.1, -0.05) is 20.8 Å². The van der Waals surface area contributed by atoms with Gasteiger partial charge in [0.25, 0.3) is 0 Å². The minimum Gasteiger partial charge on any atom is -0.469 e. The monoisotopic (exact) mass is 1070 g/mol. The van der Waals surface area contributed by atoms with Gasteiger partial charge in [0, 0.05) is 27.2 Å². The van der Waals surface area contributed by atoms with Crippen molar-refractivity contribution in [3.8, 4) is 0 Å². The molecule has 390 valence electrons. The minimum atomic E-state index is -5.24. The third-order valence-electron chi connectivity index (χ3n) is 5.54. The van der Waals surface area contributed by atoms with Crippen molar-refractivity contribution in [3.63, 3.8) is 0 Å². The number of methoxy groups -OCH3 is 1. The molecule has 0 aliphatic rings. The van der Waals surface area contributed by atoms with Gasteiger partial charge in [0.1, 0.15) is 0 Å². The topological polar surface area (TPSA) is 296 Å². The van der Waals surface area contributed by atoms with Crippen LogP contribution in [0, 0.1) is 0 Å². The summed E-state index contributed by atoms with van der Waals surface area (Å²) in [4.78, 5) is 32.0. The van der Waals surface area contributed by atoms with Crippen LogP contribution in [-0.4, -0.2) is 142 Å². The molecule has 21 nitrogen and oxygen atoms in total. The van der Waals surface area contributed by atoms with Crippen molar-refractivity contribution in [2.45, 2.75) is 106 Å². The Hall–Kier alpha value is -2.74. The van der Waals surface area contributed by atoms with E-state index >= 15 is 0 Å². The summed E-state index contributed by atoms with van der Waals surface area (Å²) >= 11 is 0. The van der Waals surface area contributed by atoms with Crippen LogP contribution in [0.1, 0.15) is 80.1 Å². The standard InChI is InChI=1S/C8H14O4.C6H10F2O5S.C5H10F2O3S.3C3H6F2O3S/c1-3-6-12-8(10)5-4-7(9)11-2;1-3-4-13-5(9)6(7,8)14(10,11)12-2;1-3-4-5(6,7)11(8,9)10-2;3*1-3(4,5)9(6,7)8-2/h3-6H2,1-2H3;3-4H2,1-2H3;3-4H2,1-2H3;3*1-2H3. The molecule has 64 heavy (non-hydrogen) atoms. The van der Waals surface area contributed by atoms with Gasteiger partial charge in [-0.05, 0) is 19.3 Å². The lowest BCUT2D eigenvalue weighted by Gasteiger charge is -2.13. The van der Waals surface area contributed by atoms with Gasteiger partial charge in [-0.2, -0.15) is 86.0 Å². The second-order valence-corrected chi connectivity index (χ2v) is 20.3. The smallest absolute Gasteiger partial charge is 0.466 e. The van der Waals surface area contributed by atoms with Crippen LogP contribution in [0.3, 0.4) is 0 Å². The highest BCUT2D eigenvalue weighted by Crippen LogP contribution is 2.28. The lowest BCUT2D eigenvalue weighted by molar-refractivity contribution is -0.161. The van der Waals surface area contributed by atoms with Gasteiger partial charge in [-0.25, -0.2) is 4.79 Å². The van der Waals surface area contributed by atoms with E-state index in [-0.39, 0.29) is 58.6 Å². The van der Waals surface area contributed by atoms with Crippen molar-refractivity contribution in [2.75, 3.05) is 55.9 Å². The lowest BCUT2D eigenvalue weighted by Crippen LogP contribution is -2.40. The van der Waals surface area contributed by atoms with Gasteiger partial charge in [0.2, 0.25) is 0 Å². The fraction of sp³-hybridized carbons (Fsp3) is 0.893. The molecule has 0 rings (SSSR count). The first-order chi connectivity index (χ1) is 28.3. The molecule has 0 N–H and O–H groups in total. The molecular weight excluding hydrogens is 1020 g/mol. The molecule has 0 saturated heterocycles. The van der Waals surface area contributed by atoms with Crippen LogP contribution in [0.5, 0.6) is 0 Å². The van der Waals surface area contributed by atoms with E-state index in [1.165, 1.54) is 14.0 Å². The Morgan fingerprint density at radius 3 is 0.922 bits per heavy atom. The van der Waals surface area contributed by atoms with Crippen molar-refractivity contribution in [3.05, 3.63) is 0 Å². The van der Waals surface area contributed by atoms with Crippen LogP contribution in [0.25, 0.3) is 0 Å². The Morgan fingerprint density at radius 2 is 0.703 bits per heavy atom. The minimum absolute atomic E-state index is 0.0928. The Balaban J connectivity index is -0.000000159. The summed E-state index contributed by atoms with van der Waals surface area (Å²) in [5.74, 6) is -2.85. The highest BCUT2D eigenvalue weighted by Gasteiger charge is 2.55. The van der Waals surface area contributed by atoms with E-state index in [1.807, 2.05) is 6.92 Å². The first-order valence-electron chi connectivity index (χ1n) is 16.6. The summed E-state index contributed by atoms with van der Waals surface area (Å²) in [5.41, 5.74) is 0. The summed E-state index contributed by atoms with van der Waals surface area (Å²) < 4.78 is 254. The van der Waals surface area contributed by atoms with Crippen LogP contribution in [-0.2, 0) is 100 Å². The quantitative estimate of drug-likeness (QED) is 0.0702. The molecule has 0 unspecified atom stereocenters. The molecule has 0 aliphatic heterocycles. The van der Waals surface area contributed by atoms with Crippen molar-refractivity contribution < 1.29 is 136 Å². The third kappa shape index (κ3) is 29.7. The van der Waals surface area contributed by atoms with Gasteiger partial charge < -0.3 is 14.2 Å². The lowest BCUT2D eigenvalue weighted by atomic mass is 10.3. The molecule has 0 bridgehead atoms. The van der Waals surface area contributed by atoms with E-state index in [0.717, 1.165) is 13.5 Å². The zero-order valence-corrected chi connectivity index (χ0v) is 40.1. The maximum atomic E-state index is 12.7. The molecule has 36 heteroatoms. The average Bonchev–Trinajstić information content (AvgIpc) is 3.17. The van der Waals surface area contributed by atoms with E-state index in [4.69, 9.17) is 4.74 Å². The van der Waals surface area contributed by atoms with Gasteiger partial charge >= 0.3 is 94.8 Å². The predicted molar refractivity (Wildman–Crippen MR) is 200 cm³/mol. The molecule has 0 aromatic rings. The van der Waals surface area contributed by atoms with Gasteiger partial charge in [-0.15, -0.1) is 0 Å². The number of halogens is 10. The SMILES string of the molecule is CCCC(F)(F)S(=O)(=O)OC.CCCOC(=O)C(F)(F)S(=O)(=O)OC.CCCOC(=O)CCC(=O)OC.COS(=O)(=O)C(C)(F)F.COS(=O)(=O)C(C)(F)F.COS(=O)(=O)C(C)(F)F. The third-order valence-corrected chi connectivity index (χ3v) is 12.1. The van der Waals surface area contributed by atoms with Crippen molar-refractivity contribution in [1.29, 1.82) is 0 Å². The van der Waals surface area contributed by atoms with Crippen LogP contribution >= 0.6 is 0 Å². The summed E-state index contributed by atoms with van der Waals surface area (Å²) in [6.07, 6.45) is 0.698. The summed E-state index contributed by atoms with van der Waals surface area (Å²) in [7, 11) is -19.3. The van der Waals surface area contributed by atoms with E-state index < -0.39 is 89.3 Å². The summed E-state index contributed by atoms with van der Waals surface area (Å²) in [6.45, 7) is 5.88. The zero-order chi connectivity index (χ0) is 53.0. The average molecular weight is 1080 g/mol. The van der Waals surface area contributed by atoms with Crippen molar-refractivity contribution >= 4 is 68.5 Å². The van der Waals surface area contributed by atoms with Crippen LogP contribution in [0.15, 0.2) is 0 Å². The number of ether oxygens (including phenoxy) is 3. The van der Waals surface area contributed by atoms with E-state index in [2.05, 4.69) is 30.4 Å². The Labute approximate surface area is 365 Å². The summed E-state index contributed by atoms with van der Waals surface area (Å²) in [5, 5.41) is -19.8. The molecule has 0 fully saturated rings. The largest absolute Gasteiger partial charge is 0.469 e. The van der Waals surface area contributed by atoms with Gasteiger partial charge in [0.15, 0.2) is 0 Å². The molecule has 0 spiro atoms. The molecule has 0 atom stereocenters.